The monoisotopic (exact) mass is 420 g/mol. The molecule has 1 amide bonds. The summed E-state index contributed by atoms with van der Waals surface area (Å²) in [5, 5.41) is 12.6. The molecule has 0 saturated carbocycles. The van der Waals surface area contributed by atoms with Crippen molar-refractivity contribution >= 4 is 28.9 Å². The maximum atomic E-state index is 12.5. The molecule has 8 heteroatoms. The van der Waals surface area contributed by atoms with E-state index in [0.29, 0.717) is 17.8 Å². The Morgan fingerprint density at radius 1 is 1.13 bits per heavy atom. The molecule has 3 aromatic rings. The topological polar surface area (TPSA) is 111 Å². The van der Waals surface area contributed by atoms with Gasteiger partial charge in [-0.1, -0.05) is 24.3 Å². The van der Waals surface area contributed by atoms with Gasteiger partial charge < -0.3 is 23.9 Å². The Hall–Kier alpha value is -4.09. The van der Waals surface area contributed by atoms with Gasteiger partial charge in [0.1, 0.15) is 17.2 Å². The van der Waals surface area contributed by atoms with Gasteiger partial charge in [-0.05, 0) is 35.9 Å². The fraction of sp³-hybridized carbons (Fsp3) is 0.174. The second kappa shape index (κ2) is 10.1. The van der Waals surface area contributed by atoms with E-state index in [1.807, 2.05) is 24.3 Å². The zero-order valence-electron chi connectivity index (χ0n) is 17.0. The van der Waals surface area contributed by atoms with Crippen molar-refractivity contribution < 1.29 is 28.2 Å². The van der Waals surface area contributed by atoms with E-state index in [9.17, 15) is 14.9 Å². The molecule has 1 aromatic heterocycles. The van der Waals surface area contributed by atoms with Crippen LogP contribution in [0.4, 0.5) is 0 Å². The maximum absolute atomic E-state index is 12.5. The van der Waals surface area contributed by atoms with E-state index in [-0.39, 0.29) is 29.4 Å². The van der Waals surface area contributed by atoms with Gasteiger partial charge in [0, 0.05) is 19.0 Å². The minimum atomic E-state index is -0.673. The van der Waals surface area contributed by atoms with Crippen molar-refractivity contribution in [1.82, 2.24) is 5.32 Å². The maximum Gasteiger partial charge on any atom is 0.379 e. The minimum absolute atomic E-state index is 0.0618. The van der Waals surface area contributed by atoms with Crippen molar-refractivity contribution in [2.75, 3.05) is 27.4 Å². The number of fused-ring (bicyclic) bond motifs is 1. The molecule has 1 N–H and O–H groups in total. The highest BCUT2D eigenvalue weighted by atomic mass is 16.6. The van der Waals surface area contributed by atoms with Crippen LogP contribution in [0.25, 0.3) is 17.0 Å². The van der Waals surface area contributed by atoms with Crippen molar-refractivity contribution in [3.05, 3.63) is 65.4 Å². The number of carbonyl (C=O) groups excluding carboxylic acids is 2. The molecule has 0 aliphatic carbocycles. The predicted octanol–water partition coefficient (Wildman–Crippen LogP) is 3.33. The number of esters is 1. The van der Waals surface area contributed by atoms with Gasteiger partial charge in [0.05, 0.1) is 13.7 Å². The Morgan fingerprint density at radius 3 is 2.65 bits per heavy atom. The molecule has 0 atom stereocenters. The Bertz CT molecular complexity index is 1140. The van der Waals surface area contributed by atoms with Crippen LogP contribution in [-0.4, -0.2) is 39.2 Å². The van der Waals surface area contributed by atoms with Crippen LogP contribution in [0.3, 0.4) is 0 Å². The van der Waals surface area contributed by atoms with E-state index < -0.39 is 11.9 Å². The van der Waals surface area contributed by atoms with Crippen molar-refractivity contribution in [2.45, 2.75) is 0 Å². The number of rotatable bonds is 8. The normalized spacial score (nSPS) is 11.1. The molecule has 0 unspecified atom stereocenters. The molecule has 31 heavy (non-hydrogen) atoms. The Kier molecular flexibility index (Phi) is 7.04. The number of methoxy groups -OCH3 is 2. The molecule has 0 saturated heterocycles. The highest BCUT2D eigenvalue weighted by Gasteiger charge is 2.17. The largest absolute Gasteiger partial charge is 0.493 e. The molecular weight excluding hydrogens is 400 g/mol. The SMILES string of the molecule is COCCNC(=O)C(C#N)=Cc1ccc(OC(=O)c2cc3ccccc3o2)c(OC)c1. The standard InChI is InChI=1S/C23H20N2O6/c1-28-10-9-25-22(26)17(14-24)11-15-7-8-19(20(12-15)29-2)31-23(27)21-13-16-5-3-4-6-18(16)30-21/h3-8,11-13H,9-10H2,1-2H3,(H,25,26). The highest BCUT2D eigenvalue weighted by molar-refractivity contribution is 6.01. The molecule has 3 rings (SSSR count). The van der Waals surface area contributed by atoms with Crippen LogP contribution < -0.4 is 14.8 Å². The number of carbonyl (C=O) groups is 2. The summed E-state index contributed by atoms with van der Waals surface area (Å²) < 4.78 is 21.1. The lowest BCUT2D eigenvalue weighted by atomic mass is 10.1. The van der Waals surface area contributed by atoms with Gasteiger partial charge in [-0.3, -0.25) is 4.79 Å². The summed E-state index contributed by atoms with van der Waals surface area (Å²) in [5.74, 6) is -0.692. The molecule has 0 fully saturated rings. The molecule has 0 aliphatic heterocycles. The summed E-state index contributed by atoms with van der Waals surface area (Å²) in [4.78, 5) is 24.6. The number of nitrogens with zero attached hydrogens (tertiary/aromatic N) is 1. The fourth-order valence-electron chi connectivity index (χ4n) is 2.77. The number of amides is 1. The van der Waals surface area contributed by atoms with E-state index in [4.69, 9.17) is 18.6 Å². The summed E-state index contributed by atoms with van der Waals surface area (Å²) in [5.41, 5.74) is 1.03. The Labute approximate surface area is 178 Å². The van der Waals surface area contributed by atoms with E-state index in [0.717, 1.165) is 5.39 Å². The molecule has 1 heterocycles. The van der Waals surface area contributed by atoms with E-state index in [1.54, 1.807) is 24.3 Å². The van der Waals surface area contributed by atoms with E-state index >= 15 is 0 Å². The fourth-order valence-corrected chi connectivity index (χ4v) is 2.77. The smallest absolute Gasteiger partial charge is 0.379 e. The van der Waals surface area contributed by atoms with Crippen molar-refractivity contribution in [1.29, 1.82) is 5.26 Å². The minimum Gasteiger partial charge on any atom is -0.493 e. The lowest BCUT2D eigenvalue weighted by molar-refractivity contribution is -0.117. The predicted molar refractivity (Wildman–Crippen MR) is 113 cm³/mol. The molecule has 8 nitrogen and oxygen atoms in total. The van der Waals surface area contributed by atoms with Crippen LogP contribution >= 0.6 is 0 Å². The van der Waals surface area contributed by atoms with Crippen LogP contribution in [0.15, 0.2) is 58.5 Å². The lowest BCUT2D eigenvalue weighted by Crippen LogP contribution is -2.27. The molecular formula is C23H20N2O6. The van der Waals surface area contributed by atoms with Gasteiger partial charge in [-0.2, -0.15) is 5.26 Å². The number of hydrogen-bond acceptors (Lipinski definition) is 7. The number of nitrogens with one attached hydrogen (secondary N) is 1. The van der Waals surface area contributed by atoms with Gasteiger partial charge in [0.15, 0.2) is 11.5 Å². The average molecular weight is 420 g/mol. The van der Waals surface area contributed by atoms with Crippen LogP contribution in [0, 0.1) is 11.3 Å². The molecule has 0 spiro atoms. The Balaban J connectivity index is 1.78. The van der Waals surface area contributed by atoms with Gasteiger partial charge in [-0.15, -0.1) is 0 Å². The number of furan rings is 1. The first kappa shape index (κ1) is 21.6. The first-order chi connectivity index (χ1) is 15.0. The quantitative estimate of drug-likeness (QED) is 0.196. The van der Waals surface area contributed by atoms with Crippen molar-refractivity contribution in [2.24, 2.45) is 0 Å². The molecule has 0 aliphatic rings. The lowest BCUT2D eigenvalue weighted by Gasteiger charge is -2.09. The van der Waals surface area contributed by atoms with E-state index in [2.05, 4.69) is 5.32 Å². The van der Waals surface area contributed by atoms with Crippen LogP contribution in [0.1, 0.15) is 16.1 Å². The third-order valence-corrected chi connectivity index (χ3v) is 4.28. The van der Waals surface area contributed by atoms with Gasteiger partial charge in [-0.25, -0.2) is 4.79 Å². The number of ether oxygens (including phenoxy) is 3. The number of hydrogen-bond donors (Lipinski definition) is 1. The van der Waals surface area contributed by atoms with Gasteiger partial charge in [0.2, 0.25) is 5.76 Å². The molecule has 2 aromatic carbocycles. The third kappa shape index (κ3) is 5.29. The van der Waals surface area contributed by atoms with Crippen molar-refractivity contribution in [3.8, 4) is 17.6 Å². The van der Waals surface area contributed by atoms with Gasteiger partial charge in [0.25, 0.3) is 5.91 Å². The summed E-state index contributed by atoms with van der Waals surface area (Å²) in [7, 11) is 2.94. The number of para-hydroxylation sites is 1. The van der Waals surface area contributed by atoms with Crippen LogP contribution in [0.5, 0.6) is 11.5 Å². The number of benzene rings is 2. The highest BCUT2D eigenvalue weighted by Crippen LogP contribution is 2.30. The second-order valence-electron chi connectivity index (χ2n) is 6.37. The number of nitriles is 1. The van der Waals surface area contributed by atoms with Crippen molar-refractivity contribution in [3.63, 3.8) is 0 Å². The van der Waals surface area contributed by atoms with Gasteiger partial charge >= 0.3 is 5.97 Å². The summed E-state index contributed by atoms with van der Waals surface area (Å²) >= 11 is 0. The second-order valence-corrected chi connectivity index (χ2v) is 6.37. The zero-order chi connectivity index (χ0) is 22.2. The molecule has 0 radical (unpaired) electrons. The van der Waals surface area contributed by atoms with E-state index in [1.165, 1.54) is 26.4 Å². The molecule has 158 valence electrons. The summed E-state index contributed by atoms with van der Waals surface area (Å²) in [6.45, 7) is 0.623. The average Bonchev–Trinajstić information content (AvgIpc) is 3.23. The summed E-state index contributed by atoms with van der Waals surface area (Å²) in [6, 6.07) is 15.4. The molecule has 0 bridgehead atoms. The van der Waals surface area contributed by atoms with Crippen LogP contribution in [0.2, 0.25) is 0 Å². The zero-order valence-corrected chi connectivity index (χ0v) is 17.0. The first-order valence-corrected chi connectivity index (χ1v) is 9.33. The van der Waals surface area contributed by atoms with Crippen LogP contribution in [-0.2, 0) is 9.53 Å². The third-order valence-electron chi connectivity index (χ3n) is 4.28. The first-order valence-electron chi connectivity index (χ1n) is 9.33. The Morgan fingerprint density at radius 2 is 1.94 bits per heavy atom. The summed E-state index contributed by atoms with van der Waals surface area (Å²) in [6.07, 6.45) is 1.41.